The van der Waals surface area contributed by atoms with Crippen LogP contribution in [0.2, 0.25) is 0 Å². The Hall–Kier alpha value is -2.70. The minimum Gasteiger partial charge on any atom is -0.489 e. The van der Waals surface area contributed by atoms with Crippen LogP contribution in [0.3, 0.4) is 0 Å². The number of halogens is 5. The van der Waals surface area contributed by atoms with E-state index in [1.807, 2.05) is 38.1 Å². The monoisotopic (exact) mass is 586 g/mol. The molecular weight excluding hydrogens is 556 g/mol. The fourth-order valence-electron chi connectivity index (χ4n) is 4.90. The van der Waals surface area contributed by atoms with E-state index in [0.717, 1.165) is 5.39 Å². The van der Waals surface area contributed by atoms with Crippen molar-refractivity contribution in [3.05, 3.63) is 54.2 Å². The van der Waals surface area contributed by atoms with Crippen molar-refractivity contribution in [3.8, 4) is 17.3 Å². The third kappa shape index (κ3) is 6.55. The lowest BCUT2D eigenvalue weighted by molar-refractivity contribution is -0.184. The number of fused-ring (bicyclic) bond motifs is 2. The highest BCUT2D eigenvalue weighted by Crippen LogP contribution is 2.40. The molecule has 1 aromatic carbocycles. The summed E-state index contributed by atoms with van der Waals surface area (Å²) in [4.78, 5) is 6.18. The quantitative estimate of drug-likeness (QED) is 0.305. The molecule has 2 atom stereocenters. The number of aromatic nitrogens is 4. The van der Waals surface area contributed by atoms with Crippen molar-refractivity contribution in [3.63, 3.8) is 0 Å². The number of pyridine rings is 2. The molecule has 4 aromatic rings. The highest BCUT2D eigenvalue weighted by atomic mass is 35.5. The summed E-state index contributed by atoms with van der Waals surface area (Å²) in [5.41, 5.74) is 1.66. The molecule has 0 amide bonds. The number of rotatable bonds is 8. The van der Waals surface area contributed by atoms with E-state index in [0.29, 0.717) is 47.9 Å². The molecule has 0 aliphatic carbocycles. The van der Waals surface area contributed by atoms with Gasteiger partial charge in [0.2, 0.25) is 0 Å². The van der Waals surface area contributed by atoms with Crippen LogP contribution in [0.25, 0.3) is 28.1 Å². The van der Waals surface area contributed by atoms with Gasteiger partial charge < -0.3 is 15.2 Å². The van der Waals surface area contributed by atoms with Crippen LogP contribution in [-0.2, 0) is 0 Å². The molecule has 5 rings (SSSR count). The fourth-order valence-corrected chi connectivity index (χ4v) is 4.90. The van der Waals surface area contributed by atoms with Gasteiger partial charge >= 0.3 is 6.18 Å². The fraction of sp³-hybridized carbons (Fsp3) is 0.423. The first-order valence-corrected chi connectivity index (χ1v) is 12.3. The largest absolute Gasteiger partial charge is 0.489 e. The van der Waals surface area contributed by atoms with E-state index < -0.39 is 12.2 Å². The standard InChI is InChI=1S/C26H29F3N6O2.2ClH/c1-16(2)37-21-5-3-4-17-6-8-20(31-23(17)21)25-33-32-22-9-7-18(14-35(22)25)24(26(27,28)29)34-12-10-19(15-34)30-11-13-36;;/h3-9,14,16,19,24,30,36H,10-13,15H2,1-2H3;2*1H/t19?,24-;;/m1../s1. The van der Waals surface area contributed by atoms with Crippen LogP contribution in [-0.4, -0.2) is 74.2 Å². The Balaban J connectivity index is 0.00000210. The number of benzene rings is 1. The molecule has 1 aliphatic heterocycles. The van der Waals surface area contributed by atoms with Gasteiger partial charge in [0.05, 0.1) is 12.7 Å². The molecule has 8 nitrogen and oxygen atoms in total. The number of hydrogen-bond acceptors (Lipinski definition) is 7. The predicted octanol–water partition coefficient (Wildman–Crippen LogP) is 4.83. The number of ether oxygens (including phenoxy) is 1. The molecule has 13 heteroatoms. The summed E-state index contributed by atoms with van der Waals surface area (Å²) < 4.78 is 50.5. The van der Waals surface area contributed by atoms with E-state index in [-0.39, 0.29) is 55.7 Å². The minimum atomic E-state index is -4.47. The third-order valence-electron chi connectivity index (χ3n) is 6.46. The van der Waals surface area contributed by atoms with E-state index in [4.69, 9.17) is 14.8 Å². The number of likely N-dealkylation sites (tertiary alicyclic amines) is 1. The molecule has 3 aromatic heterocycles. The lowest BCUT2D eigenvalue weighted by atomic mass is 10.1. The number of para-hydroxylation sites is 1. The van der Waals surface area contributed by atoms with Crippen LogP contribution in [0, 0.1) is 0 Å². The van der Waals surface area contributed by atoms with Crippen molar-refractivity contribution in [2.45, 2.75) is 44.6 Å². The zero-order chi connectivity index (χ0) is 26.2. The van der Waals surface area contributed by atoms with E-state index in [2.05, 4.69) is 15.5 Å². The van der Waals surface area contributed by atoms with Crippen molar-refractivity contribution >= 4 is 41.4 Å². The Bertz CT molecular complexity index is 1400. The number of hydrogen-bond donors (Lipinski definition) is 2. The molecule has 0 radical (unpaired) electrons. The van der Waals surface area contributed by atoms with E-state index in [1.165, 1.54) is 17.2 Å². The zero-order valence-electron chi connectivity index (χ0n) is 21.4. The SMILES string of the molecule is CC(C)Oc1cccc2ccc(-c3nnc4ccc([C@@H](N5CCC(NCCO)C5)C(F)(F)F)cn34)nc12.Cl.Cl. The summed E-state index contributed by atoms with van der Waals surface area (Å²) in [6.45, 7) is 4.69. The molecular formula is C26H31Cl2F3N6O2. The van der Waals surface area contributed by atoms with Gasteiger partial charge in [0.15, 0.2) is 11.5 Å². The summed E-state index contributed by atoms with van der Waals surface area (Å²) in [7, 11) is 0. The normalized spacial score (nSPS) is 16.8. The zero-order valence-corrected chi connectivity index (χ0v) is 23.1. The van der Waals surface area contributed by atoms with Gasteiger partial charge in [0, 0.05) is 37.3 Å². The second kappa shape index (κ2) is 12.6. The molecule has 1 saturated heterocycles. The van der Waals surface area contributed by atoms with Crippen LogP contribution in [0.4, 0.5) is 13.2 Å². The number of alkyl halides is 3. The maximum Gasteiger partial charge on any atom is 0.408 e. The molecule has 0 bridgehead atoms. The lowest BCUT2D eigenvalue weighted by Gasteiger charge is -2.30. The first-order chi connectivity index (χ1) is 17.7. The Labute approximate surface area is 236 Å². The lowest BCUT2D eigenvalue weighted by Crippen LogP contribution is -2.40. The van der Waals surface area contributed by atoms with Crippen LogP contribution < -0.4 is 10.1 Å². The van der Waals surface area contributed by atoms with E-state index in [1.54, 1.807) is 16.5 Å². The average molecular weight is 587 g/mol. The van der Waals surface area contributed by atoms with Crippen LogP contribution >= 0.6 is 24.8 Å². The first-order valence-electron chi connectivity index (χ1n) is 12.3. The summed E-state index contributed by atoms with van der Waals surface area (Å²) >= 11 is 0. The number of nitrogens with zero attached hydrogens (tertiary/aromatic N) is 5. The van der Waals surface area contributed by atoms with Crippen molar-refractivity contribution in [2.75, 3.05) is 26.2 Å². The van der Waals surface area contributed by atoms with Gasteiger partial charge in [-0.25, -0.2) is 4.98 Å². The van der Waals surface area contributed by atoms with Crippen LogP contribution in [0.15, 0.2) is 48.7 Å². The smallest absolute Gasteiger partial charge is 0.408 e. The van der Waals surface area contributed by atoms with Crippen molar-refractivity contribution < 1.29 is 23.0 Å². The summed E-state index contributed by atoms with van der Waals surface area (Å²) in [6.07, 6.45) is -2.48. The molecule has 1 aliphatic rings. The Morgan fingerprint density at radius 3 is 2.62 bits per heavy atom. The maximum atomic E-state index is 14.3. The molecule has 39 heavy (non-hydrogen) atoms. The molecule has 0 spiro atoms. The second-order valence-corrected chi connectivity index (χ2v) is 9.51. The topological polar surface area (TPSA) is 87.8 Å². The predicted molar refractivity (Wildman–Crippen MR) is 148 cm³/mol. The molecule has 2 N–H and O–H groups in total. The summed E-state index contributed by atoms with van der Waals surface area (Å²) in [5, 5.41) is 21.4. The first kappa shape index (κ1) is 30.8. The molecule has 1 unspecified atom stereocenters. The van der Waals surface area contributed by atoms with Crippen molar-refractivity contribution in [1.82, 2.24) is 29.8 Å². The van der Waals surface area contributed by atoms with Gasteiger partial charge in [-0.15, -0.1) is 35.0 Å². The maximum absolute atomic E-state index is 14.3. The second-order valence-electron chi connectivity index (χ2n) is 9.51. The minimum absolute atomic E-state index is 0. The Morgan fingerprint density at radius 2 is 1.90 bits per heavy atom. The number of aliphatic hydroxyl groups excluding tert-OH is 1. The van der Waals surface area contributed by atoms with Gasteiger partial charge in [0.1, 0.15) is 23.0 Å². The van der Waals surface area contributed by atoms with Crippen molar-refractivity contribution in [2.24, 2.45) is 0 Å². The number of aliphatic hydroxyl groups is 1. The van der Waals surface area contributed by atoms with E-state index >= 15 is 0 Å². The van der Waals surface area contributed by atoms with Crippen LogP contribution in [0.5, 0.6) is 5.75 Å². The highest BCUT2D eigenvalue weighted by molar-refractivity contribution is 5.86. The Kier molecular flexibility index (Phi) is 10.0. The molecule has 0 saturated carbocycles. The number of nitrogens with one attached hydrogen (secondary N) is 1. The van der Waals surface area contributed by atoms with Gasteiger partial charge in [-0.1, -0.05) is 24.3 Å². The average Bonchev–Trinajstić information content (AvgIpc) is 3.48. The summed E-state index contributed by atoms with van der Waals surface area (Å²) in [5.74, 6) is 0.974. The molecule has 212 valence electrons. The molecule has 1 fully saturated rings. The molecule has 4 heterocycles. The Morgan fingerprint density at radius 1 is 1.10 bits per heavy atom. The van der Waals surface area contributed by atoms with Gasteiger partial charge in [-0.3, -0.25) is 9.30 Å². The van der Waals surface area contributed by atoms with E-state index in [9.17, 15) is 13.2 Å². The highest BCUT2D eigenvalue weighted by Gasteiger charge is 2.46. The van der Waals surface area contributed by atoms with Gasteiger partial charge in [-0.2, -0.15) is 13.2 Å². The van der Waals surface area contributed by atoms with Gasteiger partial charge in [-0.05, 0) is 44.0 Å². The third-order valence-corrected chi connectivity index (χ3v) is 6.46. The van der Waals surface area contributed by atoms with Crippen LogP contribution in [0.1, 0.15) is 31.9 Å². The van der Waals surface area contributed by atoms with Crippen molar-refractivity contribution in [1.29, 1.82) is 0 Å². The summed E-state index contributed by atoms with van der Waals surface area (Å²) in [6, 6.07) is 10.5. The van der Waals surface area contributed by atoms with Gasteiger partial charge in [0.25, 0.3) is 0 Å².